The summed E-state index contributed by atoms with van der Waals surface area (Å²) in [5.74, 6) is -0.137. The summed E-state index contributed by atoms with van der Waals surface area (Å²) in [6.07, 6.45) is 0. The molecule has 0 bridgehead atoms. The van der Waals surface area contributed by atoms with Gasteiger partial charge in [-0.1, -0.05) is 39.0 Å². The van der Waals surface area contributed by atoms with Crippen molar-refractivity contribution in [1.29, 1.82) is 0 Å². The normalized spacial score (nSPS) is 11.8. The van der Waals surface area contributed by atoms with Crippen LogP contribution >= 0.6 is 0 Å². The first-order valence-corrected chi connectivity index (χ1v) is 4.73. The third-order valence-electron chi connectivity index (χ3n) is 2.19. The lowest BCUT2D eigenvalue weighted by molar-refractivity contribution is 0.181. The Kier molecular flexibility index (Phi) is 3.27. The third-order valence-corrected chi connectivity index (χ3v) is 2.19. The average Bonchev–Trinajstić information content (AvgIpc) is 2.07. The largest absolute Gasteiger partial charge is 0.380 e. The molecule has 0 heterocycles. The molecule has 0 radical (unpaired) electrons. The van der Waals surface area contributed by atoms with E-state index in [-0.39, 0.29) is 11.2 Å². The minimum absolute atomic E-state index is 0.137. The van der Waals surface area contributed by atoms with Crippen molar-refractivity contribution in [2.24, 2.45) is 0 Å². The van der Waals surface area contributed by atoms with Crippen molar-refractivity contribution in [3.05, 3.63) is 35.1 Å². The van der Waals surface area contributed by atoms with Gasteiger partial charge in [-0.2, -0.15) is 0 Å². The molecule has 2 heteroatoms. The Balaban J connectivity index is 3.14. The Hall–Kier alpha value is -0.890. The third kappa shape index (κ3) is 2.32. The van der Waals surface area contributed by atoms with E-state index < -0.39 is 0 Å². The molecule has 1 aromatic rings. The molecule has 0 aliphatic rings. The van der Waals surface area contributed by atoms with Crippen LogP contribution in [0, 0.1) is 5.82 Å². The van der Waals surface area contributed by atoms with Gasteiger partial charge in [-0.3, -0.25) is 0 Å². The first-order chi connectivity index (χ1) is 6.46. The number of benzene rings is 1. The fraction of sp³-hybridized carbons (Fsp3) is 0.500. The molecule has 0 spiro atoms. The quantitative estimate of drug-likeness (QED) is 0.705. The Morgan fingerprint density at radius 3 is 2.43 bits per heavy atom. The van der Waals surface area contributed by atoms with Crippen molar-refractivity contribution in [1.82, 2.24) is 0 Å². The van der Waals surface area contributed by atoms with Gasteiger partial charge >= 0.3 is 0 Å². The summed E-state index contributed by atoms with van der Waals surface area (Å²) in [5, 5.41) is 0. The van der Waals surface area contributed by atoms with E-state index in [2.05, 4.69) is 0 Å². The van der Waals surface area contributed by atoms with Crippen LogP contribution in [0.5, 0.6) is 0 Å². The van der Waals surface area contributed by atoms with Crippen LogP contribution in [0.25, 0.3) is 0 Å². The summed E-state index contributed by atoms with van der Waals surface area (Å²) in [4.78, 5) is 0. The highest BCUT2D eigenvalue weighted by atomic mass is 19.1. The maximum Gasteiger partial charge on any atom is 0.132 e. The van der Waals surface area contributed by atoms with Gasteiger partial charge in [0.25, 0.3) is 0 Å². The highest BCUT2D eigenvalue weighted by Gasteiger charge is 2.19. The predicted octanol–water partition coefficient (Wildman–Crippen LogP) is 3.27. The SMILES string of the molecule is COCc1cccc(C(C)(C)C)c1F. The van der Waals surface area contributed by atoms with Gasteiger partial charge in [0.1, 0.15) is 5.82 Å². The summed E-state index contributed by atoms with van der Waals surface area (Å²) in [6.45, 7) is 6.34. The second-order valence-corrected chi connectivity index (χ2v) is 4.46. The summed E-state index contributed by atoms with van der Waals surface area (Å²) < 4.78 is 18.8. The Morgan fingerprint density at radius 2 is 1.93 bits per heavy atom. The van der Waals surface area contributed by atoms with Crippen molar-refractivity contribution in [3.63, 3.8) is 0 Å². The smallest absolute Gasteiger partial charge is 0.132 e. The number of hydrogen-bond acceptors (Lipinski definition) is 1. The molecule has 1 nitrogen and oxygen atoms in total. The molecule has 14 heavy (non-hydrogen) atoms. The molecule has 0 saturated heterocycles. The molecule has 0 aliphatic heterocycles. The molecule has 0 fully saturated rings. The minimum atomic E-state index is -0.159. The fourth-order valence-electron chi connectivity index (χ4n) is 1.43. The van der Waals surface area contributed by atoms with Crippen LogP contribution in [-0.2, 0) is 16.8 Å². The van der Waals surface area contributed by atoms with E-state index >= 15 is 0 Å². The Bertz CT molecular complexity index is 313. The van der Waals surface area contributed by atoms with E-state index in [1.54, 1.807) is 13.2 Å². The standard InChI is InChI=1S/C12H17FO/c1-12(2,3)10-7-5-6-9(8-14-4)11(10)13/h5-7H,8H2,1-4H3. The number of ether oxygens (including phenoxy) is 1. The van der Waals surface area contributed by atoms with Gasteiger partial charge < -0.3 is 4.74 Å². The van der Waals surface area contributed by atoms with Gasteiger partial charge in [0, 0.05) is 12.7 Å². The highest BCUT2D eigenvalue weighted by Crippen LogP contribution is 2.26. The van der Waals surface area contributed by atoms with E-state index in [9.17, 15) is 4.39 Å². The molecule has 0 N–H and O–H groups in total. The van der Waals surface area contributed by atoms with Crippen LogP contribution < -0.4 is 0 Å². The first-order valence-electron chi connectivity index (χ1n) is 4.73. The van der Waals surface area contributed by atoms with Crippen LogP contribution in [0.4, 0.5) is 4.39 Å². The molecular weight excluding hydrogens is 179 g/mol. The van der Waals surface area contributed by atoms with Gasteiger partial charge in [-0.15, -0.1) is 0 Å². The van der Waals surface area contributed by atoms with Crippen LogP contribution in [0.3, 0.4) is 0 Å². The minimum Gasteiger partial charge on any atom is -0.380 e. The number of methoxy groups -OCH3 is 1. The maximum absolute atomic E-state index is 13.9. The van der Waals surface area contributed by atoms with Crippen LogP contribution in [0.1, 0.15) is 31.9 Å². The monoisotopic (exact) mass is 196 g/mol. The van der Waals surface area contributed by atoms with Crippen LogP contribution in [0.2, 0.25) is 0 Å². The lowest BCUT2D eigenvalue weighted by Gasteiger charge is -2.20. The van der Waals surface area contributed by atoms with Gasteiger partial charge in [-0.05, 0) is 11.0 Å². The van der Waals surface area contributed by atoms with Gasteiger partial charge in [0.05, 0.1) is 6.61 Å². The highest BCUT2D eigenvalue weighted by molar-refractivity contribution is 5.30. The molecule has 0 amide bonds. The van der Waals surface area contributed by atoms with Gasteiger partial charge in [-0.25, -0.2) is 4.39 Å². The van der Waals surface area contributed by atoms with Crippen molar-refractivity contribution in [2.75, 3.05) is 7.11 Å². The molecule has 1 aromatic carbocycles. The molecule has 78 valence electrons. The van der Waals surface area contributed by atoms with Crippen LogP contribution in [0.15, 0.2) is 18.2 Å². The van der Waals surface area contributed by atoms with E-state index in [0.717, 1.165) is 5.56 Å². The van der Waals surface area contributed by atoms with Crippen molar-refractivity contribution < 1.29 is 9.13 Å². The van der Waals surface area contributed by atoms with E-state index in [1.165, 1.54) is 0 Å². The van der Waals surface area contributed by atoms with E-state index in [1.807, 2.05) is 32.9 Å². The average molecular weight is 196 g/mol. The van der Waals surface area contributed by atoms with Crippen molar-refractivity contribution >= 4 is 0 Å². The second kappa shape index (κ2) is 4.09. The van der Waals surface area contributed by atoms with Crippen molar-refractivity contribution in [2.45, 2.75) is 32.8 Å². The topological polar surface area (TPSA) is 9.23 Å². The summed E-state index contributed by atoms with van der Waals surface area (Å²) in [6, 6.07) is 5.46. The second-order valence-electron chi connectivity index (χ2n) is 4.46. The van der Waals surface area contributed by atoms with Gasteiger partial charge in [0.15, 0.2) is 0 Å². The number of rotatable bonds is 2. The number of hydrogen-bond donors (Lipinski definition) is 0. The zero-order valence-electron chi connectivity index (χ0n) is 9.23. The Labute approximate surface area is 84.9 Å². The summed E-state index contributed by atoms with van der Waals surface area (Å²) in [5.41, 5.74) is 1.21. The predicted molar refractivity (Wildman–Crippen MR) is 55.8 cm³/mol. The zero-order chi connectivity index (χ0) is 10.8. The molecule has 0 unspecified atom stereocenters. The summed E-state index contributed by atoms with van der Waals surface area (Å²) in [7, 11) is 1.57. The first kappa shape index (κ1) is 11.2. The Morgan fingerprint density at radius 1 is 1.29 bits per heavy atom. The van der Waals surface area contributed by atoms with Gasteiger partial charge in [0.2, 0.25) is 0 Å². The molecule has 0 atom stereocenters. The lowest BCUT2D eigenvalue weighted by Crippen LogP contribution is -2.14. The fourth-order valence-corrected chi connectivity index (χ4v) is 1.43. The zero-order valence-corrected chi connectivity index (χ0v) is 9.23. The molecule has 0 aliphatic carbocycles. The molecule has 1 rings (SSSR count). The van der Waals surface area contributed by atoms with E-state index in [0.29, 0.717) is 12.2 Å². The van der Waals surface area contributed by atoms with Crippen LogP contribution in [-0.4, -0.2) is 7.11 Å². The van der Waals surface area contributed by atoms with Crippen molar-refractivity contribution in [3.8, 4) is 0 Å². The van der Waals surface area contributed by atoms with E-state index in [4.69, 9.17) is 4.74 Å². The summed E-state index contributed by atoms with van der Waals surface area (Å²) >= 11 is 0. The maximum atomic E-state index is 13.9. The molecular formula is C12H17FO. The molecule has 0 aromatic heterocycles. The lowest BCUT2D eigenvalue weighted by atomic mass is 9.85. The molecule has 0 saturated carbocycles. The number of halogens is 1.